The Kier molecular flexibility index (Phi) is 5.41. The second-order valence-electron chi connectivity index (χ2n) is 5.00. The number of nitrogens with one attached hydrogen (secondary N) is 1. The predicted octanol–water partition coefficient (Wildman–Crippen LogP) is 1.95. The predicted molar refractivity (Wildman–Crippen MR) is 83.2 cm³/mol. The highest BCUT2D eigenvalue weighted by atomic mass is 16.5. The number of aryl methyl sites for hydroxylation is 1. The van der Waals surface area contributed by atoms with Crippen LogP contribution in [0.15, 0.2) is 29.0 Å². The number of carbonyl (C=O) groups is 2. The Labute approximate surface area is 138 Å². The molecule has 2 rings (SSSR count). The number of aromatic nitrogens is 1. The number of nitrogens with zero attached hydrogens (tertiary/aromatic N) is 1. The van der Waals surface area contributed by atoms with E-state index in [0.717, 1.165) is 6.39 Å². The van der Waals surface area contributed by atoms with Crippen molar-refractivity contribution >= 4 is 11.9 Å². The number of carboxylic acids is 1. The van der Waals surface area contributed by atoms with Gasteiger partial charge in [-0.2, -0.15) is 0 Å². The molecule has 1 aromatic carbocycles. The highest BCUT2D eigenvalue weighted by Crippen LogP contribution is 2.31. The van der Waals surface area contributed by atoms with Crippen LogP contribution in [0.25, 0.3) is 0 Å². The van der Waals surface area contributed by atoms with Crippen LogP contribution in [0.4, 0.5) is 0 Å². The Morgan fingerprint density at radius 1 is 1.33 bits per heavy atom. The first-order valence-corrected chi connectivity index (χ1v) is 7.11. The fraction of sp³-hybridized carbons (Fsp3) is 0.312. The molecule has 0 saturated carbocycles. The minimum Gasteiger partial charge on any atom is -0.497 e. The van der Waals surface area contributed by atoms with E-state index in [1.807, 2.05) is 0 Å². The van der Waals surface area contributed by atoms with Gasteiger partial charge < -0.3 is 24.3 Å². The van der Waals surface area contributed by atoms with Gasteiger partial charge in [0.1, 0.15) is 11.5 Å². The van der Waals surface area contributed by atoms with Crippen molar-refractivity contribution in [3.8, 4) is 11.5 Å². The molecule has 0 aliphatic heterocycles. The minimum absolute atomic E-state index is 0.0397. The van der Waals surface area contributed by atoms with E-state index in [1.165, 1.54) is 14.2 Å². The third kappa shape index (κ3) is 3.83. The fourth-order valence-corrected chi connectivity index (χ4v) is 2.26. The molecule has 1 unspecified atom stereocenters. The van der Waals surface area contributed by atoms with Crippen LogP contribution >= 0.6 is 0 Å². The lowest BCUT2D eigenvalue weighted by molar-refractivity contribution is -0.137. The summed E-state index contributed by atoms with van der Waals surface area (Å²) in [6, 6.07) is 4.13. The monoisotopic (exact) mass is 334 g/mol. The zero-order valence-electron chi connectivity index (χ0n) is 13.5. The Hall–Kier alpha value is -3.03. The van der Waals surface area contributed by atoms with Gasteiger partial charge in [0.05, 0.1) is 32.4 Å². The molecular formula is C16H18N2O6. The average Bonchev–Trinajstić information content (AvgIpc) is 2.99. The highest BCUT2D eigenvalue weighted by molar-refractivity contribution is 5.93. The van der Waals surface area contributed by atoms with E-state index in [0.29, 0.717) is 22.8 Å². The molecule has 1 amide bonds. The van der Waals surface area contributed by atoms with Gasteiger partial charge in [-0.05, 0) is 19.1 Å². The van der Waals surface area contributed by atoms with Crippen molar-refractivity contribution in [2.45, 2.75) is 19.4 Å². The standard InChI is InChI=1S/C16H18N2O6/c1-9-15(24-8-17-9)16(21)18-12(7-14(19)20)11-5-4-10(22-2)6-13(11)23-3/h4-6,8,12H,7H2,1-3H3,(H,18,21)(H,19,20). The lowest BCUT2D eigenvalue weighted by Gasteiger charge is -2.20. The van der Waals surface area contributed by atoms with Gasteiger partial charge in [0.15, 0.2) is 6.39 Å². The zero-order valence-corrected chi connectivity index (χ0v) is 13.5. The van der Waals surface area contributed by atoms with Crippen molar-refractivity contribution in [3.05, 3.63) is 41.6 Å². The van der Waals surface area contributed by atoms with E-state index < -0.39 is 17.9 Å². The van der Waals surface area contributed by atoms with Crippen LogP contribution in [0.5, 0.6) is 11.5 Å². The lowest BCUT2D eigenvalue weighted by Crippen LogP contribution is -2.30. The van der Waals surface area contributed by atoms with Gasteiger partial charge in [0.2, 0.25) is 5.76 Å². The SMILES string of the molecule is COc1ccc(C(CC(=O)O)NC(=O)c2ocnc2C)c(OC)c1. The van der Waals surface area contributed by atoms with E-state index in [1.54, 1.807) is 25.1 Å². The quantitative estimate of drug-likeness (QED) is 0.796. The van der Waals surface area contributed by atoms with Crippen LogP contribution < -0.4 is 14.8 Å². The van der Waals surface area contributed by atoms with E-state index in [-0.39, 0.29) is 12.2 Å². The number of carboxylic acid groups (broad SMARTS) is 1. The summed E-state index contributed by atoms with van der Waals surface area (Å²) in [6.07, 6.45) is 0.839. The lowest BCUT2D eigenvalue weighted by atomic mass is 10.0. The van der Waals surface area contributed by atoms with Crippen molar-refractivity contribution in [1.29, 1.82) is 0 Å². The second-order valence-corrected chi connectivity index (χ2v) is 5.00. The Bertz CT molecular complexity index is 740. The first-order valence-electron chi connectivity index (χ1n) is 7.11. The molecule has 2 N–H and O–H groups in total. The summed E-state index contributed by atoms with van der Waals surface area (Å²) >= 11 is 0. The van der Waals surface area contributed by atoms with Crippen molar-refractivity contribution in [3.63, 3.8) is 0 Å². The Morgan fingerprint density at radius 2 is 2.08 bits per heavy atom. The zero-order chi connectivity index (χ0) is 17.7. The summed E-state index contributed by atoms with van der Waals surface area (Å²) in [5, 5.41) is 11.8. The van der Waals surface area contributed by atoms with Crippen LogP contribution in [0, 0.1) is 6.92 Å². The summed E-state index contributed by atoms with van der Waals surface area (Å²) in [7, 11) is 2.97. The largest absolute Gasteiger partial charge is 0.497 e. The average molecular weight is 334 g/mol. The number of carbonyl (C=O) groups excluding carboxylic acids is 1. The maximum atomic E-state index is 12.3. The molecule has 0 saturated heterocycles. The van der Waals surface area contributed by atoms with Gasteiger partial charge >= 0.3 is 5.97 Å². The number of benzene rings is 1. The molecule has 128 valence electrons. The topological polar surface area (TPSA) is 111 Å². The maximum absolute atomic E-state index is 12.3. The number of hydrogen-bond donors (Lipinski definition) is 2. The molecule has 2 aromatic rings. The van der Waals surface area contributed by atoms with Gasteiger partial charge in [0, 0.05) is 11.6 Å². The number of aliphatic carboxylic acids is 1. The molecule has 0 fully saturated rings. The summed E-state index contributed by atoms with van der Waals surface area (Å²) in [5.74, 6) is -0.600. The normalized spacial score (nSPS) is 11.6. The van der Waals surface area contributed by atoms with Crippen LogP contribution in [0.3, 0.4) is 0 Å². The van der Waals surface area contributed by atoms with Gasteiger partial charge in [-0.1, -0.05) is 0 Å². The molecule has 1 aromatic heterocycles. The van der Waals surface area contributed by atoms with E-state index in [2.05, 4.69) is 10.3 Å². The van der Waals surface area contributed by atoms with Crippen LogP contribution in [0.1, 0.15) is 34.3 Å². The molecule has 1 atom stereocenters. The minimum atomic E-state index is -1.06. The number of oxazole rings is 1. The van der Waals surface area contributed by atoms with E-state index in [4.69, 9.17) is 19.0 Å². The van der Waals surface area contributed by atoms with Crippen LogP contribution in [-0.4, -0.2) is 36.2 Å². The third-order valence-electron chi connectivity index (χ3n) is 3.45. The van der Waals surface area contributed by atoms with Crippen molar-refractivity contribution in [2.24, 2.45) is 0 Å². The molecule has 8 heteroatoms. The molecule has 0 aliphatic carbocycles. The molecule has 0 spiro atoms. The van der Waals surface area contributed by atoms with Gasteiger partial charge in [-0.25, -0.2) is 4.98 Å². The second kappa shape index (κ2) is 7.49. The molecule has 0 radical (unpaired) electrons. The summed E-state index contributed by atoms with van der Waals surface area (Å²) in [5.41, 5.74) is 0.939. The van der Waals surface area contributed by atoms with Gasteiger partial charge in [0.25, 0.3) is 5.91 Å². The highest BCUT2D eigenvalue weighted by Gasteiger charge is 2.24. The molecule has 1 heterocycles. The summed E-state index contributed by atoms with van der Waals surface area (Å²) < 4.78 is 15.4. The van der Waals surface area contributed by atoms with Gasteiger partial charge in [-0.3, -0.25) is 9.59 Å². The number of hydrogen-bond acceptors (Lipinski definition) is 6. The molecular weight excluding hydrogens is 316 g/mol. The third-order valence-corrected chi connectivity index (χ3v) is 3.45. The number of ether oxygens (including phenoxy) is 2. The molecule has 0 bridgehead atoms. The van der Waals surface area contributed by atoms with Crippen LogP contribution in [-0.2, 0) is 4.79 Å². The fourth-order valence-electron chi connectivity index (χ4n) is 2.26. The number of rotatable bonds is 7. The molecule has 8 nitrogen and oxygen atoms in total. The smallest absolute Gasteiger partial charge is 0.305 e. The van der Waals surface area contributed by atoms with Gasteiger partial charge in [-0.15, -0.1) is 0 Å². The van der Waals surface area contributed by atoms with E-state index in [9.17, 15) is 9.59 Å². The Morgan fingerprint density at radius 3 is 2.62 bits per heavy atom. The van der Waals surface area contributed by atoms with Crippen molar-refractivity contribution in [1.82, 2.24) is 10.3 Å². The van der Waals surface area contributed by atoms with Crippen molar-refractivity contribution < 1.29 is 28.6 Å². The van der Waals surface area contributed by atoms with Crippen molar-refractivity contribution in [2.75, 3.05) is 14.2 Å². The molecule has 0 aliphatic rings. The first-order chi connectivity index (χ1) is 11.5. The summed E-state index contributed by atoms with van der Waals surface area (Å²) in [6.45, 7) is 1.62. The van der Waals surface area contributed by atoms with E-state index >= 15 is 0 Å². The summed E-state index contributed by atoms with van der Waals surface area (Å²) in [4.78, 5) is 27.3. The molecule has 24 heavy (non-hydrogen) atoms. The first kappa shape index (κ1) is 17.3. The number of methoxy groups -OCH3 is 2. The van der Waals surface area contributed by atoms with Crippen LogP contribution in [0.2, 0.25) is 0 Å². The maximum Gasteiger partial charge on any atom is 0.305 e. The Balaban J connectivity index is 2.33. The number of amides is 1.